The first-order valence-corrected chi connectivity index (χ1v) is 6.38. The Balaban J connectivity index is 1.96. The van der Waals surface area contributed by atoms with Crippen LogP contribution < -0.4 is 5.32 Å². The number of nitrogens with zero attached hydrogens (tertiary/aromatic N) is 2. The van der Waals surface area contributed by atoms with Gasteiger partial charge in [-0.1, -0.05) is 0 Å². The quantitative estimate of drug-likeness (QED) is 0.884. The number of likely N-dealkylation sites (N-methyl/N-ethyl adjacent to an activating group) is 1. The highest BCUT2D eigenvalue weighted by molar-refractivity contribution is 5.37. The number of nitrogens with one attached hydrogen (secondary N) is 1. The molecule has 1 saturated heterocycles. The molecule has 0 spiro atoms. The molecule has 0 aliphatic carbocycles. The van der Waals surface area contributed by atoms with Crippen LogP contribution in [0.1, 0.15) is 11.1 Å². The number of benzene rings is 1. The first-order chi connectivity index (χ1) is 9.19. The van der Waals surface area contributed by atoms with Gasteiger partial charge in [0.05, 0.1) is 24.3 Å². The molecular weight excluding hydrogens is 245 g/mol. The van der Waals surface area contributed by atoms with Crippen LogP contribution in [0.15, 0.2) is 18.2 Å². The zero-order valence-corrected chi connectivity index (χ0v) is 11.0. The Morgan fingerprint density at radius 2 is 2.42 bits per heavy atom. The maximum absolute atomic E-state index is 13.2. The number of nitriles is 1. The third-order valence-electron chi connectivity index (χ3n) is 3.15. The normalized spacial score (nSPS) is 19.4. The summed E-state index contributed by atoms with van der Waals surface area (Å²) in [4.78, 5) is 2.05. The summed E-state index contributed by atoms with van der Waals surface area (Å²) in [6.45, 7) is 3.75. The van der Waals surface area contributed by atoms with Crippen molar-refractivity contribution in [1.82, 2.24) is 10.2 Å². The summed E-state index contributed by atoms with van der Waals surface area (Å²) in [6, 6.07) is 6.36. The van der Waals surface area contributed by atoms with Crippen LogP contribution in [0.2, 0.25) is 0 Å². The van der Waals surface area contributed by atoms with Gasteiger partial charge in [0.1, 0.15) is 5.82 Å². The summed E-state index contributed by atoms with van der Waals surface area (Å²) < 4.78 is 18.9. The zero-order valence-electron chi connectivity index (χ0n) is 11.0. The van der Waals surface area contributed by atoms with Crippen molar-refractivity contribution in [3.8, 4) is 6.07 Å². The molecule has 1 fully saturated rings. The highest BCUT2D eigenvalue weighted by atomic mass is 19.1. The molecule has 1 aromatic rings. The van der Waals surface area contributed by atoms with E-state index in [4.69, 9.17) is 10.00 Å². The van der Waals surface area contributed by atoms with Crippen LogP contribution >= 0.6 is 0 Å². The SMILES string of the molecule is CN(Cc1cc(F)ccc1C#N)CC1CNCCO1. The van der Waals surface area contributed by atoms with E-state index in [9.17, 15) is 4.39 Å². The van der Waals surface area contributed by atoms with Gasteiger partial charge in [-0.05, 0) is 30.8 Å². The van der Waals surface area contributed by atoms with Crippen molar-refractivity contribution >= 4 is 0 Å². The van der Waals surface area contributed by atoms with E-state index in [1.165, 1.54) is 18.2 Å². The second kappa shape index (κ2) is 6.62. The lowest BCUT2D eigenvalue weighted by atomic mass is 10.1. The fraction of sp³-hybridized carbons (Fsp3) is 0.500. The minimum Gasteiger partial charge on any atom is -0.374 e. The van der Waals surface area contributed by atoms with Crippen molar-refractivity contribution < 1.29 is 9.13 Å². The molecule has 1 atom stereocenters. The van der Waals surface area contributed by atoms with Crippen molar-refractivity contribution in [2.24, 2.45) is 0 Å². The molecule has 0 saturated carbocycles. The third-order valence-corrected chi connectivity index (χ3v) is 3.15. The van der Waals surface area contributed by atoms with Crippen molar-refractivity contribution in [1.29, 1.82) is 5.26 Å². The Labute approximate surface area is 112 Å². The second-order valence-electron chi connectivity index (χ2n) is 4.81. The van der Waals surface area contributed by atoms with Gasteiger partial charge < -0.3 is 10.1 Å². The second-order valence-corrected chi connectivity index (χ2v) is 4.81. The molecule has 0 bridgehead atoms. The predicted molar refractivity (Wildman–Crippen MR) is 70.1 cm³/mol. The summed E-state index contributed by atoms with van der Waals surface area (Å²) in [6.07, 6.45) is 0.151. The maximum Gasteiger partial charge on any atom is 0.123 e. The molecule has 0 aromatic heterocycles. The average molecular weight is 263 g/mol. The predicted octanol–water partition coefficient (Wildman–Crippen LogP) is 1.12. The van der Waals surface area contributed by atoms with Crippen LogP contribution in [0.25, 0.3) is 0 Å². The van der Waals surface area contributed by atoms with Crippen LogP contribution in [0, 0.1) is 17.1 Å². The molecule has 1 unspecified atom stereocenters. The largest absolute Gasteiger partial charge is 0.374 e. The van der Waals surface area contributed by atoms with Gasteiger partial charge in [0, 0.05) is 26.2 Å². The van der Waals surface area contributed by atoms with E-state index in [0.717, 1.165) is 26.2 Å². The average Bonchev–Trinajstić information content (AvgIpc) is 2.40. The Bertz CT molecular complexity index is 466. The molecule has 1 N–H and O–H groups in total. The van der Waals surface area contributed by atoms with Crippen LogP contribution in [0.4, 0.5) is 4.39 Å². The minimum atomic E-state index is -0.307. The van der Waals surface area contributed by atoms with Crippen molar-refractivity contribution in [2.45, 2.75) is 12.6 Å². The Hall–Kier alpha value is -1.48. The van der Waals surface area contributed by atoms with Crippen LogP contribution in [-0.4, -0.2) is 44.3 Å². The molecule has 1 aliphatic heterocycles. The van der Waals surface area contributed by atoms with Gasteiger partial charge in [0.25, 0.3) is 0 Å². The number of rotatable bonds is 4. The standard InChI is InChI=1S/C14H18FN3O/c1-18(10-14-8-17-4-5-19-14)9-12-6-13(15)3-2-11(12)7-16/h2-3,6,14,17H,4-5,8-10H2,1H3. The van der Waals surface area contributed by atoms with Gasteiger partial charge in [-0.3, -0.25) is 4.90 Å². The molecule has 1 aliphatic rings. The van der Waals surface area contributed by atoms with Crippen LogP contribution in [0.3, 0.4) is 0 Å². The molecule has 1 heterocycles. The van der Waals surface area contributed by atoms with Crippen LogP contribution in [0.5, 0.6) is 0 Å². The zero-order chi connectivity index (χ0) is 13.7. The number of ether oxygens (including phenoxy) is 1. The van der Waals surface area contributed by atoms with Gasteiger partial charge >= 0.3 is 0 Å². The molecule has 19 heavy (non-hydrogen) atoms. The lowest BCUT2D eigenvalue weighted by Crippen LogP contribution is -2.44. The molecular formula is C14H18FN3O. The number of hydrogen-bond donors (Lipinski definition) is 1. The lowest BCUT2D eigenvalue weighted by molar-refractivity contribution is 0.00883. The number of hydrogen-bond acceptors (Lipinski definition) is 4. The summed E-state index contributed by atoms with van der Waals surface area (Å²) >= 11 is 0. The maximum atomic E-state index is 13.2. The summed E-state index contributed by atoms with van der Waals surface area (Å²) in [5.41, 5.74) is 1.24. The Morgan fingerprint density at radius 1 is 1.58 bits per heavy atom. The third kappa shape index (κ3) is 4.00. The summed E-state index contributed by atoms with van der Waals surface area (Å²) in [5, 5.41) is 12.3. The first kappa shape index (κ1) is 13.9. The van der Waals surface area contributed by atoms with Crippen molar-refractivity contribution in [2.75, 3.05) is 33.3 Å². The van der Waals surface area contributed by atoms with E-state index < -0.39 is 0 Å². The number of halogens is 1. The van der Waals surface area contributed by atoms with E-state index in [2.05, 4.69) is 11.4 Å². The van der Waals surface area contributed by atoms with E-state index in [0.29, 0.717) is 17.7 Å². The van der Waals surface area contributed by atoms with Crippen LogP contribution in [-0.2, 0) is 11.3 Å². The number of morpholine rings is 1. The highest BCUT2D eigenvalue weighted by Gasteiger charge is 2.16. The monoisotopic (exact) mass is 263 g/mol. The molecule has 1 aromatic carbocycles. The van der Waals surface area contributed by atoms with E-state index in [-0.39, 0.29) is 11.9 Å². The molecule has 5 heteroatoms. The highest BCUT2D eigenvalue weighted by Crippen LogP contribution is 2.13. The van der Waals surface area contributed by atoms with Gasteiger partial charge in [-0.15, -0.1) is 0 Å². The smallest absolute Gasteiger partial charge is 0.123 e. The van der Waals surface area contributed by atoms with Gasteiger partial charge in [0.15, 0.2) is 0 Å². The van der Waals surface area contributed by atoms with Gasteiger partial charge in [0.2, 0.25) is 0 Å². The molecule has 0 amide bonds. The molecule has 2 rings (SSSR count). The van der Waals surface area contributed by atoms with Gasteiger partial charge in [-0.2, -0.15) is 5.26 Å². The summed E-state index contributed by atoms with van der Waals surface area (Å²) in [5.74, 6) is -0.307. The fourth-order valence-electron chi connectivity index (χ4n) is 2.24. The lowest BCUT2D eigenvalue weighted by Gasteiger charge is -2.28. The first-order valence-electron chi connectivity index (χ1n) is 6.38. The van der Waals surface area contributed by atoms with E-state index in [1.807, 2.05) is 11.9 Å². The Kier molecular flexibility index (Phi) is 4.86. The van der Waals surface area contributed by atoms with E-state index >= 15 is 0 Å². The fourth-order valence-corrected chi connectivity index (χ4v) is 2.24. The Morgan fingerprint density at radius 3 is 3.11 bits per heavy atom. The van der Waals surface area contributed by atoms with Crippen molar-refractivity contribution in [3.05, 3.63) is 35.1 Å². The molecule has 102 valence electrons. The molecule has 4 nitrogen and oxygen atoms in total. The van der Waals surface area contributed by atoms with Crippen molar-refractivity contribution in [3.63, 3.8) is 0 Å². The summed E-state index contributed by atoms with van der Waals surface area (Å²) in [7, 11) is 1.95. The molecule has 0 radical (unpaired) electrons. The van der Waals surface area contributed by atoms with E-state index in [1.54, 1.807) is 0 Å². The topological polar surface area (TPSA) is 48.3 Å². The van der Waals surface area contributed by atoms with Gasteiger partial charge in [-0.25, -0.2) is 4.39 Å². The minimum absolute atomic E-state index is 0.151.